The van der Waals surface area contributed by atoms with Gasteiger partial charge in [0.25, 0.3) is 5.91 Å². The number of ether oxygens (including phenoxy) is 1. The number of hydrogen-bond acceptors (Lipinski definition) is 5. The maximum absolute atomic E-state index is 11.7. The van der Waals surface area contributed by atoms with E-state index >= 15 is 0 Å². The highest BCUT2D eigenvalue weighted by molar-refractivity contribution is 6.26. The van der Waals surface area contributed by atoms with Gasteiger partial charge in [0.15, 0.2) is 0 Å². The van der Waals surface area contributed by atoms with E-state index in [1.807, 2.05) is 24.3 Å². The Morgan fingerprint density at radius 2 is 2.30 bits per heavy atom. The number of carbonyl (C=O) groups excluding carboxylic acids is 1. The molecule has 0 aromatic heterocycles. The van der Waals surface area contributed by atoms with Gasteiger partial charge in [-0.2, -0.15) is 0 Å². The van der Waals surface area contributed by atoms with Gasteiger partial charge in [0.05, 0.1) is 7.11 Å². The van der Waals surface area contributed by atoms with Crippen LogP contribution >= 0.6 is 0 Å². The number of rotatable bonds is 8. The molecule has 6 heteroatoms. The van der Waals surface area contributed by atoms with Gasteiger partial charge in [-0.1, -0.05) is 30.3 Å². The van der Waals surface area contributed by atoms with E-state index in [-0.39, 0.29) is 12.5 Å². The van der Waals surface area contributed by atoms with E-state index in [4.69, 9.17) is 9.57 Å². The molecule has 1 aliphatic rings. The lowest BCUT2D eigenvalue weighted by Gasteiger charge is -2.22. The van der Waals surface area contributed by atoms with Crippen LogP contribution in [0.3, 0.4) is 0 Å². The van der Waals surface area contributed by atoms with Crippen molar-refractivity contribution in [1.29, 1.82) is 0 Å². The van der Waals surface area contributed by atoms with Gasteiger partial charge in [0.1, 0.15) is 18.6 Å². The summed E-state index contributed by atoms with van der Waals surface area (Å²) in [7, 11) is 1.61. The Labute approximate surface area is 137 Å². The van der Waals surface area contributed by atoms with E-state index in [1.54, 1.807) is 7.11 Å². The maximum atomic E-state index is 11.7. The highest BCUT2D eigenvalue weighted by Gasteiger charge is 2.22. The number of para-hydroxylation sites is 1. The lowest BCUT2D eigenvalue weighted by Crippen LogP contribution is -2.40. The fraction of sp³-hybridized carbons (Fsp3) is 0.529. The van der Waals surface area contributed by atoms with Gasteiger partial charge in [-0.3, -0.25) is 9.69 Å². The predicted octanol–water partition coefficient (Wildman–Crippen LogP) is 1.80. The van der Waals surface area contributed by atoms with Crippen LogP contribution < -0.4 is 10.1 Å². The molecule has 0 radical (unpaired) electrons. The van der Waals surface area contributed by atoms with Crippen molar-refractivity contribution in [2.75, 3.05) is 26.7 Å². The summed E-state index contributed by atoms with van der Waals surface area (Å²) in [6, 6.07) is 7.98. The Morgan fingerprint density at radius 1 is 1.48 bits per heavy atom. The molecule has 23 heavy (non-hydrogen) atoms. The normalized spacial score (nSPS) is 18.3. The third-order valence-corrected chi connectivity index (χ3v) is 4.07. The molecule has 126 valence electrons. The Kier molecular flexibility index (Phi) is 6.87. The maximum Gasteiger partial charge on any atom is 0.265 e. The summed E-state index contributed by atoms with van der Waals surface area (Å²) in [5.41, 5.74) is 0.886. The number of likely N-dealkylation sites (tertiary alicyclic amines) is 1. The second kappa shape index (κ2) is 9.15. The minimum atomic E-state index is -0.229. The van der Waals surface area contributed by atoms with E-state index in [0.717, 1.165) is 30.8 Å². The molecule has 0 unspecified atom stereocenters. The van der Waals surface area contributed by atoms with Gasteiger partial charge in [-0.15, -0.1) is 0 Å². The number of nitrogens with one attached hydrogen (secondary N) is 1. The fourth-order valence-electron chi connectivity index (χ4n) is 2.82. The van der Waals surface area contributed by atoms with Crippen molar-refractivity contribution in [3.8, 4) is 5.75 Å². The van der Waals surface area contributed by atoms with Crippen molar-refractivity contribution < 1.29 is 14.4 Å². The van der Waals surface area contributed by atoms with Crippen molar-refractivity contribution in [1.82, 2.24) is 10.2 Å². The molecule has 1 saturated heterocycles. The SMILES string of the molecule is CCN1CCC[C@H]1CNC(=O)/C=N/OCc1ccccc1OC. The zero-order valence-corrected chi connectivity index (χ0v) is 13.8. The smallest absolute Gasteiger partial charge is 0.265 e. The molecule has 2 rings (SSSR count). The first-order valence-corrected chi connectivity index (χ1v) is 8.03. The van der Waals surface area contributed by atoms with Crippen LogP contribution in [0.5, 0.6) is 5.75 Å². The van der Waals surface area contributed by atoms with Crippen LogP contribution in [-0.2, 0) is 16.2 Å². The van der Waals surface area contributed by atoms with Crippen LogP contribution in [0.15, 0.2) is 29.4 Å². The van der Waals surface area contributed by atoms with Crippen LogP contribution in [0.2, 0.25) is 0 Å². The van der Waals surface area contributed by atoms with Crippen LogP contribution in [0, 0.1) is 0 Å². The molecule has 1 aliphatic heterocycles. The summed E-state index contributed by atoms with van der Waals surface area (Å²) in [6.07, 6.45) is 3.51. The van der Waals surface area contributed by atoms with Crippen LogP contribution in [0.4, 0.5) is 0 Å². The van der Waals surface area contributed by atoms with Gasteiger partial charge in [-0.05, 0) is 32.0 Å². The molecule has 1 fully saturated rings. The minimum absolute atomic E-state index is 0.229. The summed E-state index contributed by atoms with van der Waals surface area (Å²) in [5.74, 6) is 0.515. The number of benzene rings is 1. The zero-order valence-electron chi connectivity index (χ0n) is 13.8. The number of oxime groups is 1. The molecular formula is C17H25N3O3. The topological polar surface area (TPSA) is 63.2 Å². The molecular weight excluding hydrogens is 294 g/mol. The first kappa shape index (κ1) is 17.3. The molecule has 1 aromatic carbocycles. The molecule has 1 aromatic rings. The Bertz CT molecular complexity index is 534. The Hall–Kier alpha value is -2.08. The van der Waals surface area contributed by atoms with Gasteiger partial charge in [0.2, 0.25) is 0 Å². The average Bonchev–Trinajstić information content (AvgIpc) is 3.04. The minimum Gasteiger partial charge on any atom is -0.496 e. The average molecular weight is 319 g/mol. The quantitative estimate of drug-likeness (QED) is 0.586. The molecule has 6 nitrogen and oxygen atoms in total. The van der Waals surface area contributed by atoms with E-state index in [9.17, 15) is 4.79 Å². The van der Waals surface area contributed by atoms with E-state index in [0.29, 0.717) is 12.6 Å². The second-order valence-corrected chi connectivity index (χ2v) is 5.49. The molecule has 1 amide bonds. The first-order valence-electron chi connectivity index (χ1n) is 8.03. The monoisotopic (exact) mass is 319 g/mol. The van der Waals surface area contributed by atoms with E-state index in [1.165, 1.54) is 12.6 Å². The fourth-order valence-corrected chi connectivity index (χ4v) is 2.82. The summed E-state index contributed by atoms with van der Waals surface area (Å²) < 4.78 is 5.22. The zero-order chi connectivity index (χ0) is 16.5. The van der Waals surface area contributed by atoms with Crippen molar-refractivity contribution in [3.63, 3.8) is 0 Å². The van der Waals surface area contributed by atoms with Gasteiger partial charge < -0.3 is 14.9 Å². The van der Waals surface area contributed by atoms with Crippen LogP contribution in [0.1, 0.15) is 25.3 Å². The molecule has 1 atom stereocenters. The highest BCUT2D eigenvalue weighted by Crippen LogP contribution is 2.18. The Balaban J connectivity index is 1.70. The number of amides is 1. The highest BCUT2D eigenvalue weighted by atomic mass is 16.6. The van der Waals surface area contributed by atoms with E-state index < -0.39 is 0 Å². The summed E-state index contributed by atoms with van der Waals surface area (Å²) in [6.45, 7) is 5.21. The standard InChI is InChI=1S/C17H25N3O3/c1-3-20-10-6-8-15(20)11-18-17(21)12-19-23-13-14-7-4-5-9-16(14)22-2/h4-5,7,9,12,15H,3,6,8,10-11,13H2,1-2H3,(H,18,21)/b19-12+/t15-/m0/s1. The second-order valence-electron chi connectivity index (χ2n) is 5.49. The number of carbonyl (C=O) groups is 1. The molecule has 0 spiro atoms. The lowest BCUT2D eigenvalue weighted by molar-refractivity contribution is -0.114. The third-order valence-electron chi connectivity index (χ3n) is 4.07. The summed E-state index contributed by atoms with van der Waals surface area (Å²) in [5, 5.41) is 6.60. The number of hydrogen-bond donors (Lipinski definition) is 1. The van der Waals surface area contributed by atoms with Gasteiger partial charge >= 0.3 is 0 Å². The molecule has 1 heterocycles. The van der Waals surface area contributed by atoms with Crippen molar-refractivity contribution in [2.24, 2.45) is 5.16 Å². The van der Waals surface area contributed by atoms with E-state index in [2.05, 4.69) is 22.3 Å². The van der Waals surface area contributed by atoms with Crippen LogP contribution in [-0.4, -0.2) is 49.8 Å². The molecule has 0 bridgehead atoms. The van der Waals surface area contributed by atoms with Crippen molar-refractivity contribution >= 4 is 12.1 Å². The number of nitrogens with zero attached hydrogens (tertiary/aromatic N) is 2. The predicted molar refractivity (Wildman–Crippen MR) is 89.6 cm³/mol. The van der Waals surface area contributed by atoms with Crippen molar-refractivity contribution in [2.45, 2.75) is 32.4 Å². The lowest BCUT2D eigenvalue weighted by atomic mass is 10.2. The van der Waals surface area contributed by atoms with Crippen molar-refractivity contribution in [3.05, 3.63) is 29.8 Å². The molecule has 0 aliphatic carbocycles. The third kappa shape index (κ3) is 5.25. The van der Waals surface area contributed by atoms with Crippen LogP contribution in [0.25, 0.3) is 0 Å². The largest absolute Gasteiger partial charge is 0.496 e. The summed E-state index contributed by atoms with van der Waals surface area (Å²) >= 11 is 0. The first-order chi connectivity index (χ1) is 11.2. The Morgan fingerprint density at radius 3 is 3.09 bits per heavy atom. The number of methoxy groups -OCH3 is 1. The summed E-state index contributed by atoms with van der Waals surface area (Å²) in [4.78, 5) is 19.3. The van der Waals surface area contributed by atoms with Gasteiger partial charge in [-0.25, -0.2) is 0 Å². The van der Waals surface area contributed by atoms with Gasteiger partial charge in [0, 0.05) is 18.2 Å². The molecule has 1 N–H and O–H groups in total. The molecule has 0 saturated carbocycles. The number of likely N-dealkylation sites (N-methyl/N-ethyl adjacent to an activating group) is 1.